The number of thiazole rings is 1. The van der Waals surface area contributed by atoms with Crippen molar-refractivity contribution in [3.8, 4) is 0 Å². The molecule has 6 heteroatoms. The Hall–Kier alpha value is -1.53. The average molecular weight is 256 g/mol. The third-order valence-corrected chi connectivity index (χ3v) is 3.47. The summed E-state index contributed by atoms with van der Waals surface area (Å²) in [5.74, 6) is -1.48. The molecule has 1 aromatic carbocycles. The summed E-state index contributed by atoms with van der Waals surface area (Å²) >= 11 is 1.07. The van der Waals surface area contributed by atoms with E-state index in [1.165, 1.54) is 13.1 Å². The Kier molecular flexibility index (Phi) is 2.84. The van der Waals surface area contributed by atoms with E-state index in [0.717, 1.165) is 29.5 Å². The Labute approximate surface area is 101 Å². The second-order valence-electron chi connectivity index (χ2n) is 3.79. The molecule has 0 aliphatic carbocycles. The van der Waals surface area contributed by atoms with E-state index in [4.69, 9.17) is 5.73 Å². The fourth-order valence-electron chi connectivity index (χ4n) is 1.49. The van der Waals surface area contributed by atoms with E-state index < -0.39 is 17.2 Å². The topological polar surface area (TPSA) is 59.1 Å². The summed E-state index contributed by atoms with van der Waals surface area (Å²) in [5, 5.41) is 10.6. The highest BCUT2D eigenvalue weighted by atomic mass is 32.1. The molecule has 0 saturated carbocycles. The van der Waals surface area contributed by atoms with E-state index >= 15 is 0 Å². The highest BCUT2D eigenvalue weighted by Gasteiger charge is 2.29. The third kappa shape index (κ3) is 2.27. The van der Waals surface area contributed by atoms with E-state index in [1.807, 2.05) is 0 Å². The number of nitrogens with two attached hydrogens (primary N) is 1. The molecule has 0 aliphatic rings. The van der Waals surface area contributed by atoms with Crippen molar-refractivity contribution in [2.24, 2.45) is 0 Å². The first kappa shape index (κ1) is 11.9. The lowest BCUT2D eigenvalue weighted by molar-refractivity contribution is 0.105. The number of nitrogen functional groups attached to an aromatic ring is 1. The van der Waals surface area contributed by atoms with Crippen LogP contribution in [0.15, 0.2) is 24.4 Å². The van der Waals surface area contributed by atoms with Gasteiger partial charge in [0.15, 0.2) is 5.13 Å². The molecule has 1 aromatic heterocycles. The predicted molar refractivity (Wildman–Crippen MR) is 61.6 cm³/mol. The van der Waals surface area contributed by atoms with Crippen LogP contribution in [0.5, 0.6) is 0 Å². The van der Waals surface area contributed by atoms with Crippen molar-refractivity contribution in [3.05, 3.63) is 46.5 Å². The first-order valence-electron chi connectivity index (χ1n) is 4.80. The van der Waals surface area contributed by atoms with Crippen LogP contribution >= 0.6 is 11.3 Å². The molecule has 0 spiro atoms. The number of benzene rings is 1. The van der Waals surface area contributed by atoms with Crippen molar-refractivity contribution in [1.82, 2.24) is 4.98 Å². The largest absolute Gasteiger partial charge is 0.380 e. The number of hydrogen-bond acceptors (Lipinski definition) is 4. The highest BCUT2D eigenvalue weighted by Crippen LogP contribution is 2.34. The Balaban J connectivity index is 2.50. The van der Waals surface area contributed by atoms with Crippen LogP contribution in [-0.4, -0.2) is 10.1 Å². The van der Waals surface area contributed by atoms with Crippen LogP contribution in [0.2, 0.25) is 0 Å². The van der Waals surface area contributed by atoms with Crippen LogP contribution < -0.4 is 5.73 Å². The Bertz CT molecular complexity index is 534. The number of rotatable bonds is 2. The summed E-state index contributed by atoms with van der Waals surface area (Å²) in [6.07, 6.45) is 1.39. The Morgan fingerprint density at radius 3 is 2.35 bits per heavy atom. The van der Waals surface area contributed by atoms with Gasteiger partial charge in [-0.05, 0) is 24.6 Å². The molecular weight excluding hydrogens is 246 g/mol. The van der Waals surface area contributed by atoms with Gasteiger partial charge in [0.05, 0.1) is 4.88 Å². The van der Waals surface area contributed by atoms with Gasteiger partial charge in [-0.3, -0.25) is 0 Å². The van der Waals surface area contributed by atoms with Gasteiger partial charge in [0.2, 0.25) is 0 Å². The second kappa shape index (κ2) is 4.05. The molecule has 0 amide bonds. The normalized spacial score (nSPS) is 14.6. The quantitative estimate of drug-likeness (QED) is 0.866. The average Bonchev–Trinajstić information content (AvgIpc) is 2.64. The van der Waals surface area contributed by atoms with Crippen LogP contribution in [0.4, 0.5) is 13.9 Å². The number of nitrogens with zero attached hydrogens (tertiary/aromatic N) is 1. The SMILES string of the molecule is CC(O)(c1cc(F)cc(F)c1)c1cnc(N)s1. The maximum absolute atomic E-state index is 13.1. The zero-order valence-corrected chi connectivity index (χ0v) is 9.76. The number of hydrogen-bond donors (Lipinski definition) is 2. The van der Waals surface area contributed by atoms with E-state index in [1.54, 1.807) is 0 Å². The standard InChI is InChI=1S/C11H10F2N2OS/c1-11(16,9-5-15-10(14)17-9)6-2-7(12)4-8(13)3-6/h2-5,16H,1H3,(H2,14,15). The van der Waals surface area contributed by atoms with Gasteiger partial charge in [0, 0.05) is 12.3 Å². The molecule has 0 saturated heterocycles. The minimum Gasteiger partial charge on any atom is -0.380 e. The molecule has 1 unspecified atom stereocenters. The number of aromatic nitrogens is 1. The van der Waals surface area contributed by atoms with Gasteiger partial charge < -0.3 is 10.8 Å². The molecule has 1 heterocycles. The summed E-state index contributed by atoms with van der Waals surface area (Å²) in [4.78, 5) is 4.23. The lowest BCUT2D eigenvalue weighted by Crippen LogP contribution is -2.21. The summed E-state index contributed by atoms with van der Waals surface area (Å²) in [5.41, 5.74) is 4.07. The van der Waals surface area contributed by atoms with Crippen molar-refractivity contribution < 1.29 is 13.9 Å². The lowest BCUT2D eigenvalue weighted by Gasteiger charge is -2.22. The summed E-state index contributed by atoms with van der Waals surface area (Å²) in [6.45, 7) is 1.44. The van der Waals surface area contributed by atoms with E-state index in [9.17, 15) is 13.9 Å². The summed E-state index contributed by atoms with van der Waals surface area (Å²) in [7, 11) is 0. The summed E-state index contributed by atoms with van der Waals surface area (Å²) in [6, 6.07) is 2.92. The first-order chi connectivity index (χ1) is 7.89. The fraction of sp³-hybridized carbons (Fsp3) is 0.182. The van der Waals surface area contributed by atoms with Gasteiger partial charge in [0.25, 0.3) is 0 Å². The zero-order chi connectivity index (χ0) is 12.6. The van der Waals surface area contributed by atoms with Gasteiger partial charge in [-0.15, -0.1) is 0 Å². The minimum absolute atomic E-state index is 0.124. The maximum Gasteiger partial charge on any atom is 0.180 e. The molecule has 0 radical (unpaired) electrons. The van der Waals surface area contributed by atoms with E-state index in [-0.39, 0.29) is 10.7 Å². The fourth-order valence-corrected chi connectivity index (χ4v) is 2.24. The smallest absolute Gasteiger partial charge is 0.180 e. The van der Waals surface area contributed by atoms with Crippen molar-refractivity contribution >= 4 is 16.5 Å². The Morgan fingerprint density at radius 2 is 1.88 bits per heavy atom. The van der Waals surface area contributed by atoms with E-state index in [2.05, 4.69) is 4.98 Å². The van der Waals surface area contributed by atoms with Crippen LogP contribution in [0.1, 0.15) is 17.4 Å². The van der Waals surface area contributed by atoms with Gasteiger partial charge in [0.1, 0.15) is 17.2 Å². The number of aliphatic hydroxyl groups is 1. The van der Waals surface area contributed by atoms with Crippen LogP contribution in [0.25, 0.3) is 0 Å². The van der Waals surface area contributed by atoms with Crippen LogP contribution in [0, 0.1) is 11.6 Å². The predicted octanol–water partition coefficient (Wildman–Crippen LogP) is 2.26. The molecule has 0 fully saturated rings. The van der Waals surface area contributed by atoms with Gasteiger partial charge >= 0.3 is 0 Å². The molecule has 3 nitrogen and oxygen atoms in total. The number of anilines is 1. The minimum atomic E-state index is -1.52. The molecular formula is C11H10F2N2OS. The highest BCUT2D eigenvalue weighted by molar-refractivity contribution is 7.15. The Morgan fingerprint density at radius 1 is 1.29 bits per heavy atom. The molecule has 3 N–H and O–H groups in total. The third-order valence-electron chi connectivity index (χ3n) is 2.43. The lowest BCUT2D eigenvalue weighted by atomic mass is 9.95. The molecule has 2 aromatic rings. The monoisotopic (exact) mass is 256 g/mol. The first-order valence-corrected chi connectivity index (χ1v) is 5.62. The van der Waals surface area contributed by atoms with Gasteiger partial charge in [-0.1, -0.05) is 11.3 Å². The molecule has 1 atom stereocenters. The van der Waals surface area contributed by atoms with Crippen LogP contribution in [0.3, 0.4) is 0 Å². The van der Waals surface area contributed by atoms with Crippen LogP contribution in [-0.2, 0) is 5.60 Å². The van der Waals surface area contributed by atoms with Crippen molar-refractivity contribution in [2.45, 2.75) is 12.5 Å². The van der Waals surface area contributed by atoms with Crippen molar-refractivity contribution in [3.63, 3.8) is 0 Å². The molecule has 2 rings (SSSR count). The van der Waals surface area contributed by atoms with Gasteiger partial charge in [-0.2, -0.15) is 0 Å². The van der Waals surface area contributed by atoms with Gasteiger partial charge in [-0.25, -0.2) is 13.8 Å². The molecule has 0 bridgehead atoms. The zero-order valence-electron chi connectivity index (χ0n) is 8.95. The second-order valence-corrected chi connectivity index (χ2v) is 4.86. The number of halogens is 2. The molecule has 17 heavy (non-hydrogen) atoms. The van der Waals surface area contributed by atoms with Crippen molar-refractivity contribution in [1.29, 1.82) is 0 Å². The van der Waals surface area contributed by atoms with E-state index in [0.29, 0.717) is 4.88 Å². The van der Waals surface area contributed by atoms with Crippen molar-refractivity contribution in [2.75, 3.05) is 5.73 Å². The molecule has 90 valence electrons. The maximum atomic E-state index is 13.1. The summed E-state index contributed by atoms with van der Waals surface area (Å²) < 4.78 is 26.2. The molecule has 0 aliphatic heterocycles.